The Morgan fingerprint density at radius 1 is 1.44 bits per heavy atom. The number of amides is 1. The van der Waals surface area contributed by atoms with E-state index in [0.717, 1.165) is 6.54 Å². The summed E-state index contributed by atoms with van der Waals surface area (Å²) in [6, 6.07) is 3.31. The van der Waals surface area contributed by atoms with Gasteiger partial charge in [0.1, 0.15) is 5.75 Å². The van der Waals surface area contributed by atoms with E-state index in [1.807, 2.05) is 0 Å². The summed E-state index contributed by atoms with van der Waals surface area (Å²) in [7, 11) is 1.50. The van der Waals surface area contributed by atoms with Crippen LogP contribution in [0.4, 0.5) is 5.69 Å². The fourth-order valence-corrected chi connectivity index (χ4v) is 3.03. The van der Waals surface area contributed by atoms with E-state index in [1.54, 1.807) is 24.0 Å². The van der Waals surface area contributed by atoms with Crippen LogP contribution in [0.3, 0.4) is 0 Å². The third-order valence-electron chi connectivity index (χ3n) is 4.10. The maximum Gasteiger partial charge on any atom is 0.257 e. The number of benzene rings is 1. The lowest BCUT2D eigenvalue weighted by atomic mass is 10.1. The maximum absolute atomic E-state index is 12.8. The predicted octanol–water partition coefficient (Wildman–Crippen LogP) is 2.30. The van der Waals surface area contributed by atoms with Crippen molar-refractivity contribution in [1.82, 2.24) is 9.80 Å². The molecule has 0 aromatic heterocycles. The second-order valence-corrected chi connectivity index (χ2v) is 6.43. The van der Waals surface area contributed by atoms with Gasteiger partial charge in [-0.1, -0.05) is 11.6 Å². The first-order valence-corrected chi connectivity index (χ1v) is 8.05. The highest BCUT2D eigenvalue weighted by Gasteiger charge is 2.29. The smallest absolute Gasteiger partial charge is 0.257 e. The molecule has 2 rings (SSSR count). The van der Waals surface area contributed by atoms with Crippen LogP contribution in [-0.4, -0.2) is 66.2 Å². The van der Waals surface area contributed by atoms with Crippen LogP contribution < -0.4 is 10.5 Å². The SMILES string of the molecule is COc1cc(N)c(Cl)cc1C(=O)N1CCN(CC(C)O)C(C)C1.Cl.Cl. The summed E-state index contributed by atoms with van der Waals surface area (Å²) < 4.78 is 5.26. The van der Waals surface area contributed by atoms with Gasteiger partial charge in [0, 0.05) is 38.3 Å². The number of nitrogen functional groups attached to an aromatic ring is 1. The number of carbonyl (C=O) groups is 1. The summed E-state index contributed by atoms with van der Waals surface area (Å²) in [4.78, 5) is 16.8. The van der Waals surface area contributed by atoms with Crippen molar-refractivity contribution in [2.24, 2.45) is 0 Å². The average molecular weight is 415 g/mol. The molecule has 1 aliphatic heterocycles. The van der Waals surface area contributed by atoms with Crippen LogP contribution in [0, 0.1) is 0 Å². The number of piperazine rings is 1. The highest BCUT2D eigenvalue weighted by atomic mass is 35.5. The van der Waals surface area contributed by atoms with E-state index in [4.69, 9.17) is 22.1 Å². The van der Waals surface area contributed by atoms with Crippen molar-refractivity contribution in [2.45, 2.75) is 26.0 Å². The Morgan fingerprint density at radius 2 is 2.08 bits per heavy atom. The Bertz CT molecular complexity index is 587. The second-order valence-electron chi connectivity index (χ2n) is 6.02. The van der Waals surface area contributed by atoms with Crippen LogP contribution in [0.25, 0.3) is 0 Å². The zero-order valence-corrected chi connectivity index (χ0v) is 17.0. The zero-order valence-electron chi connectivity index (χ0n) is 14.6. The number of aliphatic hydroxyl groups is 1. The summed E-state index contributed by atoms with van der Waals surface area (Å²) in [6.45, 7) is 6.35. The quantitative estimate of drug-likeness (QED) is 0.739. The molecule has 1 aromatic rings. The van der Waals surface area contributed by atoms with E-state index in [1.165, 1.54) is 7.11 Å². The minimum absolute atomic E-state index is 0. The second kappa shape index (κ2) is 10.3. The zero-order chi connectivity index (χ0) is 17.1. The molecule has 1 heterocycles. The number of halogens is 3. The molecule has 144 valence electrons. The van der Waals surface area contributed by atoms with Crippen molar-refractivity contribution >= 4 is 48.0 Å². The highest BCUT2D eigenvalue weighted by Crippen LogP contribution is 2.30. The van der Waals surface area contributed by atoms with E-state index in [9.17, 15) is 9.90 Å². The minimum atomic E-state index is -0.379. The fourth-order valence-electron chi connectivity index (χ4n) is 2.87. The van der Waals surface area contributed by atoms with E-state index >= 15 is 0 Å². The van der Waals surface area contributed by atoms with E-state index in [0.29, 0.717) is 41.7 Å². The van der Waals surface area contributed by atoms with Gasteiger partial charge in [0.2, 0.25) is 0 Å². The topological polar surface area (TPSA) is 79.0 Å². The van der Waals surface area contributed by atoms with Crippen LogP contribution >= 0.6 is 36.4 Å². The largest absolute Gasteiger partial charge is 0.496 e. The Balaban J connectivity index is 0.00000288. The molecule has 0 radical (unpaired) electrons. The number of methoxy groups -OCH3 is 1. The third-order valence-corrected chi connectivity index (χ3v) is 4.43. The van der Waals surface area contributed by atoms with Gasteiger partial charge < -0.3 is 20.5 Å². The van der Waals surface area contributed by atoms with Gasteiger partial charge in [-0.15, -0.1) is 24.8 Å². The monoisotopic (exact) mass is 413 g/mol. The molecule has 2 unspecified atom stereocenters. The number of aliphatic hydroxyl groups excluding tert-OH is 1. The Kier molecular flexibility index (Phi) is 9.90. The number of carbonyl (C=O) groups excluding carboxylic acids is 1. The van der Waals surface area contributed by atoms with E-state index in [-0.39, 0.29) is 42.9 Å². The normalized spacial score (nSPS) is 18.8. The minimum Gasteiger partial charge on any atom is -0.496 e. The van der Waals surface area contributed by atoms with Crippen LogP contribution in [0.5, 0.6) is 5.75 Å². The van der Waals surface area contributed by atoms with Gasteiger partial charge in [-0.05, 0) is 19.9 Å². The molecule has 1 aromatic carbocycles. The van der Waals surface area contributed by atoms with Crippen molar-refractivity contribution in [2.75, 3.05) is 39.0 Å². The molecule has 0 saturated carbocycles. The highest BCUT2D eigenvalue weighted by molar-refractivity contribution is 6.33. The first-order valence-electron chi connectivity index (χ1n) is 7.67. The molecule has 0 spiro atoms. The van der Waals surface area contributed by atoms with Crippen molar-refractivity contribution in [3.63, 3.8) is 0 Å². The summed E-state index contributed by atoms with van der Waals surface area (Å²) in [5.41, 5.74) is 6.57. The van der Waals surface area contributed by atoms with Crippen LogP contribution in [0.2, 0.25) is 5.02 Å². The number of ether oxygens (including phenoxy) is 1. The van der Waals surface area contributed by atoms with Crippen molar-refractivity contribution in [3.05, 3.63) is 22.7 Å². The summed E-state index contributed by atoms with van der Waals surface area (Å²) >= 11 is 6.05. The maximum atomic E-state index is 12.8. The summed E-state index contributed by atoms with van der Waals surface area (Å²) in [5.74, 6) is 0.309. The molecule has 25 heavy (non-hydrogen) atoms. The lowest BCUT2D eigenvalue weighted by Gasteiger charge is -2.40. The van der Waals surface area contributed by atoms with Crippen molar-refractivity contribution in [3.8, 4) is 5.75 Å². The molecule has 1 aliphatic rings. The first-order chi connectivity index (χ1) is 10.8. The lowest BCUT2D eigenvalue weighted by Crippen LogP contribution is -2.54. The number of β-amino-alcohol motifs (C(OH)–C–C–N with tert-alkyl or cyclic N) is 1. The van der Waals surface area contributed by atoms with Crippen LogP contribution in [-0.2, 0) is 0 Å². The fraction of sp³-hybridized carbons (Fsp3) is 0.562. The van der Waals surface area contributed by atoms with Gasteiger partial charge in [0.15, 0.2) is 0 Å². The standard InChI is InChI=1S/C16H24ClN3O3.2ClH/c1-10-8-20(5-4-19(10)9-11(2)21)16(22)12-6-13(17)14(18)7-15(12)23-3;;/h6-7,10-11,21H,4-5,8-9,18H2,1-3H3;2*1H. The van der Waals surface area contributed by atoms with Crippen molar-refractivity contribution in [1.29, 1.82) is 0 Å². The van der Waals surface area contributed by atoms with Gasteiger partial charge in [-0.25, -0.2) is 0 Å². The molecule has 1 saturated heterocycles. The molecule has 0 aliphatic carbocycles. The van der Waals surface area contributed by atoms with Crippen molar-refractivity contribution < 1.29 is 14.6 Å². The molecule has 9 heteroatoms. The molecule has 1 amide bonds. The Morgan fingerprint density at radius 3 is 2.60 bits per heavy atom. The molecular formula is C16H26Cl3N3O3. The molecular weight excluding hydrogens is 389 g/mol. The van der Waals surface area contributed by atoms with Gasteiger partial charge in [0.05, 0.1) is 29.5 Å². The van der Waals surface area contributed by atoms with Crippen LogP contribution in [0.1, 0.15) is 24.2 Å². The Hall–Kier alpha value is -0.920. The van der Waals surface area contributed by atoms with E-state index < -0.39 is 0 Å². The Labute approximate surface area is 166 Å². The lowest BCUT2D eigenvalue weighted by molar-refractivity contribution is 0.0363. The first kappa shape index (κ1) is 24.1. The van der Waals surface area contributed by atoms with Gasteiger partial charge >= 0.3 is 0 Å². The van der Waals surface area contributed by atoms with E-state index in [2.05, 4.69) is 11.8 Å². The predicted molar refractivity (Wildman–Crippen MR) is 106 cm³/mol. The number of nitrogens with two attached hydrogens (primary N) is 1. The summed E-state index contributed by atoms with van der Waals surface area (Å²) in [6.07, 6.45) is -0.379. The van der Waals surface area contributed by atoms with Gasteiger partial charge in [-0.3, -0.25) is 9.69 Å². The number of hydrogen-bond donors (Lipinski definition) is 2. The average Bonchev–Trinajstić information content (AvgIpc) is 2.50. The number of nitrogens with zero attached hydrogens (tertiary/aromatic N) is 2. The molecule has 3 N–H and O–H groups in total. The number of hydrogen-bond acceptors (Lipinski definition) is 5. The number of anilines is 1. The van der Waals surface area contributed by atoms with Gasteiger partial charge in [-0.2, -0.15) is 0 Å². The molecule has 1 fully saturated rings. The molecule has 0 bridgehead atoms. The molecule has 2 atom stereocenters. The third kappa shape index (κ3) is 5.79. The van der Waals surface area contributed by atoms with Gasteiger partial charge in [0.25, 0.3) is 5.91 Å². The summed E-state index contributed by atoms with van der Waals surface area (Å²) in [5, 5.41) is 9.88. The number of rotatable bonds is 4. The van der Waals surface area contributed by atoms with Crippen LogP contribution in [0.15, 0.2) is 12.1 Å². The molecule has 6 nitrogen and oxygen atoms in total.